The van der Waals surface area contributed by atoms with E-state index >= 15 is 0 Å². The normalized spacial score (nSPS) is 19.3. The summed E-state index contributed by atoms with van der Waals surface area (Å²) in [7, 11) is 0. The lowest BCUT2D eigenvalue weighted by Gasteiger charge is -2.18. The molecule has 0 aliphatic carbocycles. The molecule has 0 spiro atoms. The fourth-order valence-electron chi connectivity index (χ4n) is 0.559. The Morgan fingerprint density at radius 3 is 2.50 bits per heavy atom. The average molecular weight is 143 g/mol. The molecule has 0 saturated carbocycles. The molecule has 1 rings (SSSR count). The minimum Gasteiger partial charge on any atom is -0.276 e. The van der Waals surface area contributed by atoms with Gasteiger partial charge in [0.15, 0.2) is 0 Å². The van der Waals surface area contributed by atoms with Crippen LogP contribution < -0.4 is 11.2 Å². The van der Waals surface area contributed by atoms with E-state index in [1.165, 1.54) is 0 Å². The molecule has 6 nitrogen and oxygen atoms in total. The molecule has 0 radical (unpaired) electrons. The summed E-state index contributed by atoms with van der Waals surface area (Å²) in [6, 6.07) is -0.874. The summed E-state index contributed by atoms with van der Waals surface area (Å²) in [5.41, 5.74) is 0. The van der Waals surface area contributed by atoms with Crippen LogP contribution in [0.5, 0.6) is 0 Å². The van der Waals surface area contributed by atoms with Crippen molar-refractivity contribution >= 4 is 17.8 Å². The zero-order valence-corrected chi connectivity index (χ0v) is 4.96. The number of nitrogens with zero attached hydrogens (tertiary/aromatic N) is 1. The van der Waals surface area contributed by atoms with Crippen molar-refractivity contribution in [3.63, 3.8) is 0 Å². The number of carbonyl (C=O) groups is 3. The summed E-state index contributed by atoms with van der Waals surface area (Å²) in [6.45, 7) is 0. The van der Waals surface area contributed by atoms with Gasteiger partial charge in [-0.15, -0.1) is 0 Å². The lowest BCUT2D eigenvalue weighted by molar-refractivity contribution is -0.136. The van der Waals surface area contributed by atoms with Crippen molar-refractivity contribution in [3.05, 3.63) is 0 Å². The second-order valence-electron chi connectivity index (χ2n) is 1.79. The standard InChI is InChI=1S/C4H5N3O3/c5-7-3(9)1-2(8)6-4(7)10/h1,5H2,(H,6,8,10). The van der Waals surface area contributed by atoms with Crippen molar-refractivity contribution < 1.29 is 14.4 Å². The van der Waals surface area contributed by atoms with E-state index in [2.05, 4.69) is 0 Å². The number of barbiturate groups is 1. The van der Waals surface area contributed by atoms with Gasteiger partial charge in [0.1, 0.15) is 6.42 Å². The minimum atomic E-state index is -0.874. The molecule has 4 amide bonds. The summed E-state index contributed by atoms with van der Waals surface area (Å²) in [5, 5.41) is 2.24. The highest BCUT2D eigenvalue weighted by atomic mass is 16.2. The number of nitrogens with two attached hydrogens (primary N) is 1. The van der Waals surface area contributed by atoms with Gasteiger partial charge in [0, 0.05) is 0 Å². The van der Waals surface area contributed by atoms with Crippen molar-refractivity contribution in [1.29, 1.82) is 0 Å². The molecule has 54 valence electrons. The van der Waals surface area contributed by atoms with Crippen molar-refractivity contribution in [1.82, 2.24) is 10.3 Å². The monoisotopic (exact) mass is 143 g/mol. The second kappa shape index (κ2) is 2.07. The van der Waals surface area contributed by atoms with E-state index < -0.39 is 17.8 Å². The van der Waals surface area contributed by atoms with E-state index in [0.717, 1.165) is 0 Å². The Morgan fingerprint density at radius 1 is 1.40 bits per heavy atom. The van der Waals surface area contributed by atoms with Crippen molar-refractivity contribution in [2.24, 2.45) is 5.84 Å². The van der Waals surface area contributed by atoms with Crippen LogP contribution in [0, 0.1) is 0 Å². The van der Waals surface area contributed by atoms with Gasteiger partial charge in [0.05, 0.1) is 0 Å². The van der Waals surface area contributed by atoms with Crippen LogP contribution in [0.4, 0.5) is 4.79 Å². The Kier molecular flexibility index (Phi) is 1.38. The van der Waals surface area contributed by atoms with Crippen LogP contribution in [0.1, 0.15) is 6.42 Å². The SMILES string of the molecule is NN1C(=O)CC(=O)NC1=O. The molecular formula is C4H5N3O3. The van der Waals surface area contributed by atoms with Crippen molar-refractivity contribution in [2.75, 3.05) is 0 Å². The minimum absolute atomic E-state index is 0.359. The molecule has 0 aromatic rings. The highest BCUT2D eigenvalue weighted by molar-refractivity contribution is 6.13. The van der Waals surface area contributed by atoms with Crippen LogP contribution in [0.15, 0.2) is 0 Å². The van der Waals surface area contributed by atoms with E-state index in [1.807, 2.05) is 5.32 Å². The van der Waals surface area contributed by atoms with Gasteiger partial charge < -0.3 is 0 Å². The molecule has 6 heteroatoms. The summed E-state index contributed by atoms with van der Waals surface area (Å²) in [4.78, 5) is 31.4. The second-order valence-corrected chi connectivity index (χ2v) is 1.79. The van der Waals surface area contributed by atoms with Crippen LogP contribution in [-0.2, 0) is 9.59 Å². The molecule has 0 atom stereocenters. The topological polar surface area (TPSA) is 92.5 Å². The number of nitrogens with one attached hydrogen (secondary N) is 1. The van der Waals surface area contributed by atoms with Crippen LogP contribution >= 0.6 is 0 Å². The largest absolute Gasteiger partial charge is 0.345 e. The Balaban J connectivity index is 2.76. The number of hydrogen-bond donors (Lipinski definition) is 2. The van der Waals surface area contributed by atoms with Crippen LogP contribution in [-0.4, -0.2) is 22.9 Å². The molecule has 1 fully saturated rings. The third-order valence-corrected chi connectivity index (χ3v) is 1.05. The predicted octanol–water partition coefficient (Wildman–Crippen LogP) is -1.67. The smallest absolute Gasteiger partial charge is 0.276 e. The van der Waals surface area contributed by atoms with Crippen molar-refractivity contribution in [3.8, 4) is 0 Å². The summed E-state index contributed by atoms with van der Waals surface area (Å²) >= 11 is 0. The molecule has 0 bridgehead atoms. The maximum Gasteiger partial charge on any atom is 0.345 e. The molecule has 1 heterocycles. The zero-order valence-electron chi connectivity index (χ0n) is 4.96. The Hall–Kier alpha value is -1.43. The first kappa shape index (κ1) is 6.69. The Morgan fingerprint density at radius 2 is 2.00 bits per heavy atom. The molecule has 1 aliphatic rings. The first-order valence-corrected chi connectivity index (χ1v) is 2.52. The van der Waals surface area contributed by atoms with E-state index in [4.69, 9.17) is 5.84 Å². The van der Waals surface area contributed by atoms with Gasteiger partial charge in [0.25, 0.3) is 5.91 Å². The molecule has 10 heavy (non-hydrogen) atoms. The Bertz CT molecular complexity index is 192. The van der Waals surface area contributed by atoms with Crippen LogP contribution in [0.25, 0.3) is 0 Å². The third-order valence-electron chi connectivity index (χ3n) is 1.05. The average Bonchev–Trinajstić information content (AvgIpc) is 1.82. The quantitative estimate of drug-likeness (QED) is 0.241. The van der Waals surface area contributed by atoms with E-state index in [1.54, 1.807) is 0 Å². The van der Waals surface area contributed by atoms with Gasteiger partial charge in [0.2, 0.25) is 5.91 Å². The third kappa shape index (κ3) is 0.960. The number of rotatable bonds is 0. The van der Waals surface area contributed by atoms with Gasteiger partial charge in [-0.05, 0) is 0 Å². The highest BCUT2D eigenvalue weighted by Crippen LogP contribution is 1.95. The maximum atomic E-state index is 10.5. The predicted molar refractivity (Wildman–Crippen MR) is 29.2 cm³/mol. The summed E-state index contributed by atoms with van der Waals surface area (Å²) < 4.78 is 0. The lowest BCUT2D eigenvalue weighted by atomic mass is 10.3. The van der Waals surface area contributed by atoms with Gasteiger partial charge >= 0.3 is 6.03 Å². The number of hydrazine groups is 1. The fraction of sp³-hybridized carbons (Fsp3) is 0.250. The summed E-state index contributed by atoms with van der Waals surface area (Å²) in [6.07, 6.45) is -0.359. The van der Waals surface area contributed by atoms with Gasteiger partial charge in [-0.25, -0.2) is 10.6 Å². The van der Waals surface area contributed by atoms with Crippen molar-refractivity contribution in [2.45, 2.75) is 6.42 Å². The molecule has 1 aliphatic heterocycles. The number of carbonyl (C=O) groups excluding carboxylic acids is 3. The maximum absolute atomic E-state index is 10.5. The number of amides is 4. The molecule has 1 saturated heterocycles. The lowest BCUT2D eigenvalue weighted by Crippen LogP contribution is -2.55. The summed E-state index contributed by atoms with van der Waals surface area (Å²) in [5.74, 6) is 3.60. The highest BCUT2D eigenvalue weighted by Gasteiger charge is 2.27. The number of urea groups is 1. The van der Waals surface area contributed by atoms with Gasteiger partial charge in [-0.1, -0.05) is 0 Å². The first-order chi connectivity index (χ1) is 4.61. The van der Waals surface area contributed by atoms with E-state index in [9.17, 15) is 14.4 Å². The first-order valence-electron chi connectivity index (χ1n) is 2.52. The number of imide groups is 2. The molecule has 0 unspecified atom stereocenters. The van der Waals surface area contributed by atoms with Gasteiger partial charge in [-0.3, -0.25) is 14.9 Å². The van der Waals surface area contributed by atoms with Gasteiger partial charge in [-0.2, -0.15) is 5.01 Å². The Labute approximate surface area is 55.9 Å². The molecule has 3 N–H and O–H groups in total. The fourth-order valence-corrected chi connectivity index (χ4v) is 0.559. The number of hydrogen-bond acceptors (Lipinski definition) is 4. The molecular weight excluding hydrogens is 138 g/mol. The van der Waals surface area contributed by atoms with Crippen LogP contribution in [0.2, 0.25) is 0 Å². The van der Waals surface area contributed by atoms with Crippen LogP contribution in [0.3, 0.4) is 0 Å². The molecule has 0 aromatic carbocycles. The van der Waals surface area contributed by atoms with E-state index in [0.29, 0.717) is 5.01 Å². The zero-order chi connectivity index (χ0) is 7.72. The van der Waals surface area contributed by atoms with E-state index in [-0.39, 0.29) is 6.42 Å². The molecule has 0 aromatic heterocycles.